The average Bonchev–Trinajstić information content (AvgIpc) is 1.53. The topological polar surface area (TPSA) is 431 Å². The first-order chi connectivity index (χ1) is 39.9. The molecule has 0 amide bonds. The van der Waals surface area contributed by atoms with Gasteiger partial charge in [0.05, 0.1) is 51.8 Å². The van der Waals surface area contributed by atoms with Crippen LogP contribution in [0.15, 0.2) is 0 Å². The highest BCUT2D eigenvalue weighted by Crippen LogP contribution is 2.70. The Morgan fingerprint density at radius 1 is 0.512 bits per heavy atom. The Bertz CT molecular complexity index is 2230. The monoisotopic (exact) mass is 1210 g/mol. The standard InChI is InChI=1S/C56H90O28/c1-20-7-10-56(74-18-20)21(2)34-28(84-56)12-26-24-6-5-22-11-23(8-9-54(22,3)25(24)13-33(62)55(26,34)4)75-50-43(71)40(68)45(32(17-60)79-50)80-53-48(47(38(66)31(16-59)78-53)82-51-42(70)39(67)36(64)29(14-57)76-51)83-52-44(72)46(37(65)30(15-58)77-52)81-49-41(69)35(63)27(61)19-73-49/h20-32,34-53,57-61,63-72H,5-19H2,1-4H3. The van der Waals surface area contributed by atoms with E-state index in [0.717, 1.165) is 32.1 Å². The number of ketones is 1. The van der Waals surface area contributed by atoms with Crippen LogP contribution in [-0.2, 0) is 61.6 Å². The number of hydrogen-bond acceptors (Lipinski definition) is 28. The molecule has 4 aliphatic carbocycles. The summed E-state index contributed by atoms with van der Waals surface area (Å²) in [4.78, 5) is 14.8. The minimum atomic E-state index is -2.16. The third kappa shape index (κ3) is 11.0. The first kappa shape index (κ1) is 64.1. The molecule has 0 aromatic rings. The van der Waals surface area contributed by atoms with Crippen molar-refractivity contribution in [1.29, 1.82) is 0 Å². The minimum absolute atomic E-state index is 0.0394. The molecular formula is C56H90O28. The van der Waals surface area contributed by atoms with E-state index < -0.39 is 198 Å². The van der Waals surface area contributed by atoms with E-state index in [1.165, 1.54) is 0 Å². The lowest BCUT2D eigenvalue weighted by Crippen LogP contribution is -2.69. The van der Waals surface area contributed by atoms with Crippen LogP contribution in [0.5, 0.6) is 0 Å². The average molecular weight is 1210 g/mol. The number of Topliss-reactive ketones (excluding diaryl/α,β-unsaturated/α-hetero) is 1. The van der Waals surface area contributed by atoms with Crippen LogP contribution in [0.2, 0.25) is 0 Å². The van der Waals surface area contributed by atoms with Crippen molar-refractivity contribution < 1.29 is 138 Å². The van der Waals surface area contributed by atoms with E-state index in [4.69, 9.17) is 56.8 Å². The summed E-state index contributed by atoms with van der Waals surface area (Å²) in [5, 5.41) is 164. The maximum absolute atomic E-state index is 14.8. The molecule has 7 heterocycles. The molecule has 482 valence electrons. The Kier molecular flexibility index (Phi) is 19.1. The lowest BCUT2D eigenvalue weighted by atomic mass is 9.44. The van der Waals surface area contributed by atoms with Crippen molar-refractivity contribution in [3.63, 3.8) is 0 Å². The molecule has 0 aromatic carbocycles. The first-order valence-corrected chi connectivity index (χ1v) is 30.2. The summed E-state index contributed by atoms with van der Waals surface area (Å²) < 4.78 is 73.1. The molecule has 7 aliphatic heterocycles. The normalized spacial score (nSPS) is 56.8. The van der Waals surface area contributed by atoms with Crippen LogP contribution < -0.4 is 0 Å². The SMILES string of the molecule is CC1CCC2(OC1)OC1CC3C4CCC5CC(OC6OC(CO)C(OC7OC(CO)C(O)C(OC8OC(CO)C(O)C(O)C8O)C7OC7OC(CO)C(O)C(OC8OCC(O)C(O)C8O)C7O)C(O)C6O)CCC5(C)C4CC(=O)C3(C)C1C2C. The second-order valence-corrected chi connectivity index (χ2v) is 26.6. The number of ether oxygens (including phenoxy) is 12. The van der Waals surface area contributed by atoms with E-state index in [-0.39, 0.29) is 41.1 Å². The van der Waals surface area contributed by atoms with Gasteiger partial charge in [-0.05, 0) is 80.0 Å². The van der Waals surface area contributed by atoms with E-state index in [1.807, 2.05) is 0 Å². The van der Waals surface area contributed by atoms with Crippen LogP contribution in [0.1, 0.15) is 85.5 Å². The van der Waals surface area contributed by atoms with Gasteiger partial charge < -0.3 is 133 Å². The van der Waals surface area contributed by atoms with Crippen LogP contribution in [0.25, 0.3) is 0 Å². The van der Waals surface area contributed by atoms with Gasteiger partial charge >= 0.3 is 0 Å². The van der Waals surface area contributed by atoms with Gasteiger partial charge in [-0.2, -0.15) is 0 Å². The summed E-state index contributed by atoms with van der Waals surface area (Å²) in [6, 6.07) is 0. The number of carbonyl (C=O) groups excluding carboxylic acids is 1. The maximum Gasteiger partial charge on any atom is 0.187 e. The van der Waals surface area contributed by atoms with Gasteiger partial charge in [0.15, 0.2) is 37.2 Å². The number of carbonyl (C=O) groups is 1. The molecule has 28 heteroatoms. The van der Waals surface area contributed by atoms with Crippen molar-refractivity contribution >= 4 is 5.78 Å². The summed E-state index contributed by atoms with van der Waals surface area (Å²) in [5.74, 6) is 1.12. The molecule has 7 saturated heterocycles. The molecule has 28 nitrogen and oxygen atoms in total. The number of aliphatic hydroxyl groups is 15. The second-order valence-electron chi connectivity index (χ2n) is 26.6. The Morgan fingerprint density at radius 3 is 1.75 bits per heavy atom. The maximum atomic E-state index is 14.8. The van der Waals surface area contributed by atoms with Gasteiger partial charge in [0.2, 0.25) is 0 Å². The molecule has 4 saturated carbocycles. The third-order valence-electron chi connectivity index (χ3n) is 22.0. The largest absolute Gasteiger partial charge is 0.394 e. The van der Waals surface area contributed by atoms with Gasteiger partial charge in [0, 0.05) is 30.1 Å². The molecule has 84 heavy (non-hydrogen) atoms. The van der Waals surface area contributed by atoms with Crippen molar-refractivity contribution in [2.75, 3.05) is 39.6 Å². The van der Waals surface area contributed by atoms with E-state index >= 15 is 0 Å². The van der Waals surface area contributed by atoms with Gasteiger partial charge in [-0.1, -0.05) is 27.7 Å². The third-order valence-corrected chi connectivity index (χ3v) is 22.0. The molecule has 0 bridgehead atoms. The van der Waals surface area contributed by atoms with Crippen LogP contribution in [0, 0.1) is 52.3 Å². The quantitative estimate of drug-likeness (QED) is 0.0723. The van der Waals surface area contributed by atoms with E-state index in [9.17, 15) is 81.4 Å². The molecule has 0 aromatic heterocycles. The molecule has 36 atom stereocenters. The van der Waals surface area contributed by atoms with Crippen molar-refractivity contribution in [2.45, 2.75) is 251 Å². The summed E-state index contributed by atoms with van der Waals surface area (Å²) in [6.07, 6.45) is -38.5. The Hall–Kier alpha value is -1.41. The highest BCUT2D eigenvalue weighted by molar-refractivity contribution is 5.87. The van der Waals surface area contributed by atoms with Crippen molar-refractivity contribution in [1.82, 2.24) is 0 Å². The summed E-state index contributed by atoms with van der Waals surface area (Å²) >= 11 is 0. The van der Waals surface area contributed by atoms with Gasteiger partial charge in [0.25, 0.3) is 0 Å². The fourth-order valence-electron chi connectivity index (χ4n) is 17.0. The van der Waals surface area contributed by atoms with Gasteiger partial charge in [0.1, 0.15) is 122 Å². The smallest absolute Gasteiger partial charge is 0.187 e. The highest BCUT2D eigenvalue weighted by atomic mass is 16.8. The van der Waals surface area contributed by atoms with Gasteiger partial charge in [-0.25, -0.2) is 0 Å². The second kappa shape index (κ2) is 25.0. The fraction of sp³-hybridized carbons (Fsp3) is 0.982. The van der Waals surface area contributed by atoms with E-state index in [0.29, 0.717) is 49.9 Å². The number of hydrogen-bond donors (Lipinski definition) is 15. The molecular weight excluding hydrogens is 1120 g/mol. The zero-order chi connectivity index (χ0) is 60.2. The predicted octanol–water partition coefficient (Wildman–Crippen LogP) is -5.27. The first-order valence-electron chi connectivity index (χ1n) is 30.2. The number of aliphatic hydroxyl groups excluding tert-OH is 15. The summed E-state index contributed by atoms with van der Waals surface area (Å²) in [7, 11) is 0. The van der Waals surface area contributed by atoms with Crippen molar-refractivity contribution in [2.24, 2.45) is 52.3 Å². The molecule has 36 unspecified atom stereocenters. The predicted molar refractivity (Wildman–Crippen MR) is 275 cm³/mol. The summed E-state index contributed by atoms with van der Waals surface area (Å²) in [5.41, 5.74) is -0.705. The Labute approximate surface area is 485 Å². The summed E-state index contributed by atoms with van der Waals surface area (Å²) in [6.45, 7) is 5.28. The fourth-order valence-corrected chi connectivity index (χ4v) is 17.0. The molecule has 11 rings (SSSR count). The van der Waals surface area contributed by atoms with Crippen LogP contribution in [0.3, 0.4) is 0 Å². The van der Waals surface area contributed by atoms with Crippen LogP contribution in [-0.4, -0.2) is 287 Å². The molecule has 0 radical (unpaired) electrons. The Balaban J connectivity index is 0.794. The molecule has 15 N–H and O–H groups in total. The lowest BCUT2D eigenvalue weighted by Gasteiger charge is -2.60. The zero-order valence-corrected chi connectivity index (χ0v) is 47.7. The Morgan fingerprint density at radius 2 is 1.08 bits per heavy atom. The van der Waals surface area contributed by atoms with Crippen molar-refractivity contribution in [3.8, 4) is 0 Å². The van der Waals surface area contributed by atoms with Crippen molar-refractivity contribution in [3.05, 3.63) is 0 Å². The molecule has 1 spiro atoms. The van der Waals surface area contributed by atoms with E-state index in [2.05, 4.69) is 27.7 Å². The number of rotatable bonds is 14. The highest BCUT2D eigenvalue weighted by Gasteiger charge is 2.72. The van der Waals surface area contributed by atoms with Crippen LogP contribution >= 0.6 is 0 Å². The van der Waals surface area contributed by atoms with Gasteiger partial charge in [-0.15, -0.1) is 0 Å². The zero-order valence-electron chi connectivity index (χ0n) is 47.7. The minimum Gasteiger partial charge on any atom is -0.394 e. The number of fused-ring (bicyclic) bond motifs is 7. The lowest BCUT2D eigenvalue weighted by molar-refractivity contribution is -0.410. The van der Waals surface area contributed by atoms with E-state index in [1.54, 1.807) is 0 Å². The molecule has 11 fully saturated rings. The molecule has 11 aliphatic rings. The van der Waals surface area contributed by atoms with Crippen LogP contribution in [0.4, 0.5) is 0 Å². The van der Waals surface area contributed by atoms with Gasteiger partial charge in [-0.3, -0.25) is 4.79 Å².